The van der Waals surface area contributed by atoms with Gasteiger partial charge in [-0.2, -0.15) is 0 Å². The summed E-state index contributed by atoms with van der Waals surface area (Å²) in [4.78, 5) is 25.4. The number of Topliss-reactive ketones (excluding diaryl/α,β-unsaturated/α-hetero) is 1. The van der Waals surface area contributed by atoms with E-state index in [1.54, 1.807) is 12.1 Å². The van der Waals surface area contributed by atoms with Gasteiger partial charge in [0.2, 0.25) is 0 Å². The molecule has 0 spiro atoms. The van der Waals surface area contributed by atoms with Crippen molar-refractivity contribution in [2.75, 3.05) is 26.2 Å². The number of hydrogen-bond acceptors (Lipinski definition) is 4. The summed E-state index contributed by atoms with van der Waals surface area (Å²) in [6.45, 7) is 4.77. The predicted molar refractivity (Wildman–Crippen MR) is 88.0 cm³/mol. The summed E-state index contributed by atoms with van der Waals surface area (Å²) < 4.78 is 5.50. The van der Waals surface area contributed by atoms with E-state index in [1.165, 1.54) is 0 Å². The fourth-order valence-electron chi connectivity index (χ4n) is 2.82. The molecule has 126 valence electrons. The number of nitrogens with zero attached hydrogens (tertiary/aromatic N) is 1. The first-order valence-corrected chi connectivity index (χ1v) is 8.31. The van der Waals surface area contributed by atoms with E-state index in [4.69, 9.17) is 9.84 Å². The van der Waals surface area contributed by atoms with Crippen LogP contribution in [0.4, 0.5) is 0 Å². The van der Waals surface area contributed by atoms with Gasteiger partial charge in [0.1, 0.15) is 5.75 Å². The minimum Gasteiger partial charge on any atom is -0.494 e. The summed E-state index contributed by atoms with van der Waals surface area (Å²) in [7, 11) is 0. The van der Waals surface area contributed by atoms with E-state index in [-0.39, 0.29) is 11.7 Å². The van der Waals surface area contributed by atoms with Crippen LogP contribution >= 0.6 is 0 Å². The highest BCUT2D eigenvalue weighted by Gasteiger charge is 2.25. The van der Waals surface area contributed by atoms with Gasteiger partial charge in [0.05, 0.1) is 12.5 Å². The maximum atomic E-state index is 12.2. The van der Waals surface area contributed by atoms with E-state index in [0.717, 1.165) is 31.6 Å². The molecular weight excluding hydrogens is 294 g/mol. The molecule has 2 rings (SSSR count). The van der Waals surface area contributed by atoms with Gasteiger partial charge < -0.3 is 14.7 Å². The van der Waals surface area contributed by atoms with E-state index in [2.05, 4.69) is 4.90 Å². The molecule has 1 aromatic carbocycles. The van der Waals surface area contributed by atoms with Gasteiger partial charge in [0.25, 0.3) is 0 Å². The van der Waals surface area contributed by atoms with E-state index in [0.29, 0.717) is 31.7 Å². The third-order valence-electron chi connectivity index (χ3n) is 4.16. The number of carboxylic acid groups (broad SMARTS) is 1. The van der Waals surface area contributed by atoms with Crippen LogP contribution in [0.5, 0.6) is 5.75 Å². The zero-order valence-electron chi connectivity index (χ0n) is 13.7. The number of benzene rings is 1. The molecule has 0 aliphatic carbocycles. The molecule has 1 aliphatic rings. The van der Waals surface area contributed by atoms with Gasteiger partial charge in [-0.1, -0.05) is 6.92 Å². The van der Waals surface area contributed by atoms with E-state index in [9.17, 15) is 9.59 Å². The molecule has 1 unspecified atom stereocenters. The van der Waals surface area contributed by atoms with Crippen molar-refractivity contribution < 1.29 is 19.4 Å². The minimum atomic E-state index is -0.733. The van der Waals surface area contributed by atoms with Crippen molar-refractivity contribution in [2.24, 2.45) is 5.92 Å². The molecule has 0 aromatic heterocycles. The van der Waals surface area contributed by atoms with Gasteiger partial charge in [0.15, 0.2) is 5.78 Å². The first kappa shape index (κ1) is 17.5. The number of piperidine rings is 1. The van der Waals surface area contributed by atoms with Crippen molar-refractivity contribution in [2.45, 2.75) is 32.6 Å². The van der Waals surface area contributed by atoms with Crippen LogP contribution in [-0.2, 0) is 4.79 Å². The van der Waals surface area contributed by atoms with Crippen molar-refractivity contribution in [1.29, 1.82) is 0 Å². The highest BCUT2D eigenvalue weighted by Crippen LogP contribution is 2.18. The lowest BCUT2D eigenvalue weighted by Crippen LogP contribution is -2.39. The molecule has 1 aliphatic heterocycles. The predicted octanol–water partition coefficient (Wildman–Crippen LogP) is 2.84. The zero-order valence-corrected chi connectivity index (χ0v) is 13.7. The fraction of sp³-hybridized carbons (Fsp3) is 0.556. The van der Waals surface area contributed by atoms with Crippen LogP contribution in [-0.4, -0.2) is 48.0 Å². The van der Waals surface area contributed by atoms with Gasteiger partial charge in [-0.25, -0.2) is 0 Å². The second-order valence-corrected chi connectivity index (χ2v) is 6.02. The number of carbonyl (C=O) groups is 2. The Kier molecular flexibility index (Phi) is 6.59. The minimum absolute atomic E-state index is 0.0875. The number of likely N-dealkylation sites (tertiary alicyclic amines) is 1. The van der Waals surface area contributed by atoms with Crippen LogP contribution in [0.25, 0.3) is 0 Å². The first-order valence-electron chi connectivity index (χ1n) is 8.31. The van der Waals surface area contributed by atoms with Gasteiger partial charge in [-0.3, -0.25) is 9.59 Å². The average Bonchev–Trinajstić information content (AvgIpc) is 2.58. The molecule has 1 saturated heterocycles. The van der Waals surface area contributed by atoms with Gasteiger partial charge in [0, 0.05) is 25.1 Å². The summed E-state index contributed by atoms with van der Waals surface area (Å²) in [5, 5.41) is 9.09. The smallest absolute Gasteiger partial charge is 0.307 e. The molecule has 1 aromatic rings. The molecule has 0 bridgehead atoms. The Hall–Kier alpha value is -1.88. The van der Waals surface area contributed by atoms with Crippen LogP contribution in [0.1, 0.15) is 43.0 Å². The van der Waals surface area contributed by atoms with E-state index >= 15 is 0 Å². The number of aliphatic carboxylic acids is 1. The number of ketones is 1. The Morgan fingerprint density at radius 1 is 1.30 bits per heavy atom. The fourth-order valence-corrected chi connectivity index (χ4v) is 2.82. The Morgan fingerprint density at radius 3 is 2.70 bits per heavy atom. The topological polar surface area (TPSA) is 66.8 Å². The zero-order chi connectivity index (χ0) is 16.7. The Balaban J connectivity index is 1.81. The molecule has 0 amide bonds. The number of rotatable bonds is 8. The summed E-state index contributed by atoms with van der Waals surface area (Å²) in [5.41, 5.74) is 0.681. The molecule has 1 atom stereocenters. The summed E-state index contributed by atoms with van der Waals surface area (Å²) in [5.74, 6) is -0.161. The van der Waals surface area contributed by atoms with Gasteiger partial charge in [-0.15, -0.1) is 0 Å². The van der Waals surface area contributed by atoms with Crippen LogP contribution in [0.2, 0.25) is 0 Å². The second kappa shape index (κ2) is 8.67. The summed E-state index contributed by atoms with van der Waals surface area (Å²) >= 11 is 0. The Bertz CT molecular complexity index is 526. The third-order valence-corrected chi connectivity index (χ3v) is 4.16. The summed E-state index contributed by atoms with van der Waals surface area (Å²) in [6.07, 6.45) is 2.99. The number of hydrogen-bond donors (Lipinski definition) is 1. The molecule has 1 heterocycles. The molecule has 23 heavy (non-hydrogen) atoms. The maximum Gasteiger partial charge on any atom is 0.307 e. The van der Waals surface area contributed by atoms with Crippen molar-refractivity contribution >= 4 is 11.8 Å². The second-order valence-electron chi connectivity index (χ2n) is 6.02. The summed E-state index contributed by atoms with van der Waals surface area (Å²) in [6, 6.07) is 7.24. The average molecular weight is 319 g/mol. The van der Waals surface area contributed by atoms with Crippen molar-refractivity contribution in [1.82, 2.24) is 4.90 Å². The van der Waals surface area contributed by atoms with Crippen molar-refractivity contribution in [3.05, 3.63) is 29.8 Å². The molecule has 0 radical (unpaired) electrons. The van der Waals surface area contributed by atoms with Crippen molar-refractivity contribution in [3.8, 4) is 5.75 Å². The molecular formula is C18H25NO4. The third kappa shape index (κ3) is 5.36. The van der Waals surface area contributed by atoms with Crippen molar-refractivity contribution in [3.63, 3.8) is 0 Å². The van der Waals surface area contributed by atoms with Crippen LogP contribution < -0.4 is 4.74 Å². The Morgan fingerprint density at radius 2 is 2.04 bits per heavy atom. The quantitative estimate of drug-likeness (QED) is 0.746. The highest BCUT2D eigenvalue weighted by molar-refractivity contribution is 5.96. The van der Waals surface area contributed by atoms with Gasteiger partial charge in [-0.05, 0) is 50.1 Å². The molecule has 5 heteroatoms. The maximum absolute atomic E-state index is 12.2. The molecule has 0 saturated carbocycles. The lowest BCUT2D eigenvalue weighted by atomic mass is 9.98. The molecule has 5 nitrogen and oxygen atoms in total. The number of carboxylic acids is 1. The standard InChI is InChI=1S/C18H25NO4/c1-2-12-23-16-7-5-14(6-8-16)17(20)9-11-19-10-3-4-15(13-19)18(21)22/h5-8,15H,2-4,9-13H2,1H3,(H,21,22). The lowest BCUT2D eigenvalue weighted by molar-refractivity contribution is -0.143. The first-order chi connectivity index (χ1) is 11.1. The van der Waals surface area contributed by atoms with E-state index < -0.39 is 5.97 Å². The molecule has 1 fully saturated rings. The van der Waals surface area contributed by atoms with Crippen LogP contribution in [0.15, 0.2) is 24.3 Å². The normalized spacial score (nSPS) is 18.6. The van der Waals surface area contributed by atoms with Crippen LogP contribution in [0, 0.1) is 5.92 Å². The largest absolute Gasteiger partial charge is 0.494 e. The SMILES string of the molecule is CCCOc1ccc(C(=O)CCN2CCCC(C(=O)O)C2)cc1. The molecule has 1 N–H and O–H groups in total. The highest BCUT2D eigenvalue weighted by atomic mass is 16.5. The number of ether oxygens (including phenoxy) is 1. The lowest BCUT2D eigenvalue weighted by Gasteiger charge is -2.30. The number of carbonyl (C=O) groups excluding carboxylic acids is 1. The monoisotopic (exact) mass is 319 g/mol. The van der Waals surface area contributed by atoms with Crippen LogP contribution in [0.3, 0.4) is 0 Å². The van der Waals surface area contributed by atoms with Gasteiger partial charge >= 0.3 is 5.97 Å². The Labute approximate surface area is 137 Å². The van der Waals surface area contributed by atoms with E-state index in [1.807, 2.05) is 19.1 Å².